The summed E-state index contributed by atoms with van der Waals surface area (Å²) >= 11 is 0. The molecule has 2 saturated heterocycles. The molecule has 28 heavy (non-hydrogen) atoms. The predicted octanol–water partition coefficient (Wildman–Crippen LogP) is 2.11. The van der Waals surface area contributed by atoms with E-state index in [2.05, 4.69) is 10.2 Å². The Morgan fingerprint density at radius 2 is 2.00 bits per heavy atom. The fourth-order valence-electron chi connectivity index (χ4n) is 4.38. The Kier molecular flexibility index (Phi) is 6.58. The van der Waals surface area contributed by atoms with Crippen molar-refractivity contribution in [2.75, 3.05) is 32.8 Å². The number of benzene rings is 1. The highest BCUT2D eigenvalue weighted by Crippen LogP contribution is 2.39. The van der Waals surface area contributed by atoms with Gasteiger partial charge in [-0.25, -0.2) is 4.39 Å². The summed E-state index contributed by atoms with van der Waals surface area (Å²) in [6, 6.07) is 6.05. The average molecular weight is 394 g/mol. The smallest absolute Gasteiger partial charge is 0.217 e. The number of amides is 1. The number of piperidine rings is 1. The molecular formula is C21H31FN2O4. The van der Waals surface area contributed by atoms with E-state index in [0.717, 1.165) is 38.9 Å². The molecular weight excluding hydrogens is 363 g/mol. The Morgan fingerprint density at radius 1 is 1.32 bits per heavy atom. The molecule has 0 unspecified atom stereocenters. The molecule has 0 bridgehead atoms. The van der Waals surface area contributed by atoms with Crippen LogP contribution < -0.4 is 10.1 Å². The monoisotopic (exact) mass is 394 g/mol. The van der Waals surface area contributed by atoms with Gasteiger partial charge in [0.1, 0.15) is 17.7 Å². The third-order valence-electron chi connectivity index (χ3n) is 5.98. The fraction of sp³-hybridized carbons (Fsp3) is 0.667. The number of carbonyl (C=O) groups is 1. The van der Waals surface area contributed by atoms with Crippen molar-refractivity contribution in [2.45, 2.75) is 56.8 Å². The average Bonchev–Trinajstić information content (AvgIpc) is 2.66. The lowest BCUT2D eigenvalue weighted by molar-refractivity contribution is -0.207. The predicted molar refractivity (Wildman–Crippen MR) is 104 cm³/mol. The first-order valence-corrected chi connectivity index (χ1v) is 10.0. The number of likely N-dealkylation sites (tertiary alicyclic amines) is 1. The Bertz CT molecular complexity index is 661. The standard InChI is InChI=1S/C21H31FN2O4/c1-16(25)23-20(2)10-15-28-21(19(20)26)8-12-24(13-9-21)11-3-14-27-18-6-4-17(22)5-7-18/h4-7,19,26H,3,8-15H2,1-2H3,(H,23,25)/t19-,20+/m1/s1. The summed E-state index contributed by atoms with van der Waals surface area (Å²) in [5.74, 6) is 0.281. The first-order chi connectivity index (χ1) is 13.3. The van der Waals surface area contributed by atoms with Crippen LogP contribution in [0.1, 0.15) is 39.5 Å². The fourth-order valence-corrected chi connectivity index (χ4v) is 4.38. The molecule has 3 rings (SSSR count). The third kappa shape index (κ3) is 4.82. The van der Waals surface area contributed by atoms with Gasteiger partial charge in [-0.2, -0.15) is 0 Å². The van der Waals surface area contributed by atoms with Crippen molar-refractivity contribution in [3.05, 3.63) is 30.1 Å². The lowest BCUT2D eigenvalue weighted by Gasteiger charge is -2.53. The van der Waals surface area contributed by atoms with Gasteiger partial charge >= 0.3 is 0 Å². The Hall–Kier alpha value is -1.70. The van der Waals surface area contributed by atoms with E-state index in [9.17, 15) is 14.3 Å². The van der Waals surface area contributed by atoms with Crippen LogP contribution in [0.25, 0.3) is 0 Å². The Labute approximate surface area is 166 Å². The number of aliphatic hydroxyl groups excluding tert-OH is 1. The SMILES string of the molecule is CC(=O)N[C@@]1(C)CCOC2(CCN(CCCOc3ccc(F)cc3)CC2)[C@@H]1O. The zero-order chi connectivity index (χ0) is 20.2. The number of carbonyl (C=O) groups excluding carboxylic acids is 1. The summed E-state index contributed by atoms with van der Waals surface area (Å²) in [6.45, 7) is 7.08. The number of ether oxygens (including phenoxy) is 2. The first kappa shape index (κ1) is 21.0. The van der Waals surface area contributed by atoms with Crippen molar-refractivity contribution >= 4 is 5.91 Å². The van der Waals surface area contributed by atoms with Crippen molar-refractivity contribution in [1.29, 1.82) is 0 Å². The molecule has 2 atom stereocenters. The van der Waals surface area contributed by atoms with Gasteiger partial charge in [-0.3, -0.25) is 4.79 Å². The first-order valence-electron chi connectivity index (χ1n) is 10.0. The molecule has 2 heterocycles. The topological polar surface area (TPSA) is 71.0 Å². The summed E-state index contributed by atoms with van der Waals surface area (Å²) in [4.78, 5) is 13.9. The van der Waals surface area contributed by atoms with Gasteiger partial charge < -0.3 is 24.8 Å². The van der Waals surface area contributed by atoms with Gasteiger partial charge in [0.25, 0.3) is 0 Å². The van der Waals surface area contributed by atoms with E-state index in [0.29, 0.717) is 25.4 Å². The summed E-state index contributed by atoms with van der Waals surface area (Å²) in [5.41, 5.74) is -1.23. The lowest BCUT2D eigenvalue weighted by Crippen LogP contribution is -2.69. The minimum atomic E-state index is -0.721. The number of rotatable bonds is 6. The highest BCUT2D eigenvalue weighted by atomic mass is 19.1. The second-order valence-corrected chi connectivity index (χ2v) is 8.16. The van der Waals surface area contributed by atoms with Crippen LogP contribution in [0.3, 0.4) is 0 Å². The van der Waals surface area contributed by atoms with Gasteiger partial charge in [0, 0.05) is 33.2 Å². The summed E-state index contributed by atoms with van der Waals surface area (Å²) in [6.07, 6.45) is 2.24. The highest BCUT2D eigenvalue weighted by molar-refractivity contribution is 5.74. The molecule has 0 radical (unpaired) electrons. The Balaban J connectivity index is 1.44. The van der Waals surface area contributed by atoms with Crippen molar-refractivity contribution < 1.29 is 23.8 Å². The van der Waals surface area contributed by atoms with Crippen LogP contribution in [0.2, 0.25) is 0 Å². The van der Waals surface area contributed by atoms with Crippen molar-refractivity contribution in [1.82, 2.24) is 10.2 Å². The number of halogens is 1. The van der Waals surface area contributed by atoms with Gasteiger partial charge in [0.05, 0.1) is 17.7 Å². The molecule has 0 aromatic heterocycles. The van der Waals surface area contributed by atoms with Gasteiger partial charge in [-0.05, 0) is 56.9 Å². The van der Waals surface area contributed by atoms with Crippen LogP contribution >= 0.6 is 0 Å². The largest absolute Gasteiger partial charge is 0.494 e. The minimum absolute atomic E-state index is 0.128. The maximum atomic E-state index is 12.9. The highest BCUT2D eigenvalue weighted by Gasteiger charge is 2.53. The number of nitrogens with zero attached hydrogens (tertiary/aromatic N) is 1. The maximum absolute atomic E-state index is 12.9. The minimum Gasteiger partial charge on any atom is -0.494 e. The van der Waals surface area contributed by atoms with Crippen molar-refractivity contribution in [3.8, 4) is 5.75 Å². The van der Waals surface area contributed by atoms with Crippen LogP contribution in [-0.2, 0) is 9.53 Å². The zero-order valence-corrected chi connectivity index (χ0v) is 16.7. The molecule has 0 saturated carbocycles. The van der Waals surface area contributed by atoms with Crippen LogP contribution in [0, 0.1) is 5.82 Å². The van der Waals surface area contributed by atoms with E-state index in [1.54, 1.807) is 12.1 Å². The van der Waals surface area contributed by atoms with Gasteiger partial charge in [0.2, 0.25) is 5.91 Å². The maximum Gasteiger partial charge on any atom is 0.217 e. The summed E-state index contributed by atoms with van der Waals surface area (Å²) in [5, 5.41) is 13.9. The molecule has 2 aliphatic rings. The van der Waals surface area contributed by atoms with Crippen molar-refractivity contribution in [2.24, 2.45) is 0 Å². The molecule has 7 heteroatoms. The van der Waals surface area contributed by atoms with Crippen LogP contribution in [0.5, 0.6) is 5.75 Å². The van der Waals surface area contributed by atoms with Gasteiger partial charge in [-0.1, -0.05) is 0 Å². The van der Waals surface area contributed by atoms with Crippen LogP contribution in [0.15, 0.2) is 24.3 Å². The summed E-state index contributed by atoms with van der Waals surface area (Å²) in [7, 11) is 0. The second-order valence-electron chi connectivity index (χ2n) is 8.16. The molecule has 0 aliphatic carbocycles. The van der Waals surface area contributed by atoms with E-state index in [1.165, 1.54) is 19.1 Å². The van der Waals surface area contributed by atoms with Gasteiger partial charge in [0.15, 0.2) is 0 Å². The van der Waals surface area contributed by atoms with E-state index >= 15 is 0 Å². The molecule has 6 nitrogen and oxygen atoms in total. The molecule has 1 spiro atoms. The molecule has 156 valence electrons. The molecule has 2 aliphatic heterocycles. The zero-order valence-electron chi connectivity index (χ0n) is 16.7. The molecule has 1 aromatic carbocycles. The normalized spacial score (nSPS) is 27.5. The second kappa shape index (κ2) is 8.76. The molecule has 1 aromatic rings. The van der Waals surface area contributed by atoms with E-state index < -0.39 is 17.2 Å². The Morgan fingerprint density at radius 3 is 2.64 bits per heavy atom. The number of hydrogen-bond acceptors (Lipinski definition) is 5. The summed E-state index contributed by atoms with van der Waals surface area (Å²) < 4.78 is 24.6. The van der Waals surface area contributed by atoms with E-state index in [1.807, 2.05) is 6.92 Å². The number of aliphatic hydroxyl groups is 1. The number of hydrogen-bond donors (Lipinski definition) is 2. The third-order valence-corrected chi connectivity index (χ3v) is 5.98. The lowest BCUT2D eigenvalue weighted by atomic mass is 9.73. The van der Waals surface area contributed by atoms with Crippen LogP contribution in [0.4, 0.5) is 4.39 Å². The number of nitrogens with one attached hydrogen (secondary N) is 1. The molecule has 2 N–H and O–H groups in total. The van der Waals surface area contributed by atoms with Crippen LogP contribution in [-0.4, -0.2) is 66.0 Å². The van der Waals surface area contributed by atoms with Crippen molar-refractivity contribution in [3.63, 3.8) is 0 Å². The molecule has 1 amide bonds. The van der Waals surface area contributed by atoms with Gasteiger partial charge in [-0.15, -0.1) is 0 Å². The van der Waals surface area contributed by atoms with E-state index in [-0.39, 0.29) is 11.7 Å². The molecule has 2 fully saturated rings. The quantitative estimate of drug-likeness (QED) is 0.723. The van der Waals surface area contributed by atoms with E-state index in [4.69, 9.17) is 9.47 Å².